The van der Waals surface area contributed by atoms with Gasteiger partial charge in [-0.3, -0.25) is 0 Å². The SMILES string of the molecule is COc1ccccc1-c1c[nH]c2ncc(-c3ccncn3)cc12. The predicted octanol–water partition coefficient (Wildman–Crippen LogP) is 3.70. The molecule has 0 atom stereocenters. The van der Waals surface area contributed by atoms with Gasteiger partial charge in [-0.2, -0.15) is 0 Å². The number of hydrogen-bond acceptors (Lipinski definition) is 4. The summed E-state index contributed by atoms with van der Waals surface area (Å²) in [4.78, 5) is 16.0. The first-order valence-electron chi connectivity index (χ1n) is 7.24. The van der Waals surface area contributed by atoms with Gasteiger partial charge in [-0.05, 0) is 18.2 Å². The molecule has 0 amide bonds. The molecule has 0 aliphatic carbocycles. The van der Waals surface area contributed by atoms with E-state index in [1.165, 1.54) is 6.33 Å². The Hall–Kier alpha value is -3.21. The lowest BCUT2D eigenvalue weighted by Gasteiger charge is -2.07. The maximum atomic E-state index is 5.48. The molecule has 0 spiro atoms. The summed E-state index contributed by atoms with van der Waals surface area (Å²) in [6.07, 6.45) is 7.04. The number of fused-ring (bicyclic) bond motifs is 1. The summed E-state index contributed by atoms with van der Waals surface area (Å²) >= 11 is 0. The summed E-state index contributed by atoms with van der Waals surface area (Å²) in [5, 5.41) is 1.03. The van der Waals surface area contributed by atoms with Crippen molar-refractivity contribution in [3.63, 3.8) is 0 Å². The number of methoxy groups -OCH3 is 1. The molecule has 1 N–H and O–H groups in total. The monoisotopic (exact) mass is 302 g/mol. The summed E-state index contributed by atoms with van der Waals surface area (Å²) in [5.41, 5.74) is 4.73. The van der Waals surface area contributed by atoms with E-state index in [1.54, 1.807) is 13.3 Å². The summed E-state index contributed by atoms with van der Waals surface area (Å²) in [5.74, 6) is 0.834. The minimum absolute atomic E-state index is 0.834. The van der Waals surface area contributed by atoms with E-state index in [-0.39, 0.29) is 0 Å². The Labute approximate surface area is 133 Å². The van der Waals surface area contributed by atoms with Crippen molar-refractivity contribution < 1.29 is 4.74 Å². The van der Waals surface area contributed by atoms with Crippen LogP contribution in [0.4, 0.5) is 0 Å². The molecular formula is C18H14N4O. The van der Waals surface area contributed by atoms with Crippen molar-refractivity contribution in [1.82, 2.24) is 19.9 Å². The second-order valence-electron chi connectivity index (χ2n) is 5.12. The molecule has 0 radical (unpaired) electrons. The van der Waals surface area contributed by atoms with Crippen molar-refractivity contribution in [2.24, 2.45) is 0 Å². The van der Waals surface area contributed by atoms with Crippen molar-refractivity contribution in [1.29, 1.82) is 0 Å². The van der Waals surface area contributed by atoms with Crippen molar-refractivity contribution in [3.8, 4) is 28.1 Å². The molecule has 1 aromatic carbocycles. The van der Waals surface area contributed by atoms with Crippen molar-refractivity contribution in [2.45, 2.75) is 0 Å². The molecule has 0 bridgehead atoms. The molecule has 0 unspecified atom stereocenters. The standard InChI is InChI=1S/C18H14N4O/c1-23-17-5-3-2-4-13(17)15-10-21-18-14(15)8-12(9-20-18)16-6-7-19-11-22-16/h2-11H,1H3,(H,20,21). The van der Waals surface area contributed by atoms with Gasteiger partial charge >= 0.3 is 0 Å². The van der Waals surface area contributed by atoms with Gasteiger partial charge < -0.3 is 9.72 Å². The molecule has 3 heterocycles. The van der Waals surface area contributed by atoms with Gasteiger partial charge in [0.1, 0.15) is 17.7 Å². The van der Waals surface area contributed by atoms with Crippen LogP contribution in [0, 0.1) is 0 Å². The highest BCUT2D eigenvalue weighted by atomic mass is 16.5. The van der Waals surface area contributed by atoms with E-state index >= 15 is 0 Å². The Kier molecular flexibility index (Phi) is 3.24. The van der Waals surface area contributed by atoms with E-state index in [9.17, 15) is 0 Å². The van der Waals surface area contributed by atoms with Gasteiger partial charge in [0.05, 0.1) is 12.8 Å². The number of rotatable bonds is 3. The number of hydrogen-bond donors (Lipinski definition) is 1. The van der Waals surface area contributed by atoms with Crippen LogP contribution in [0.1, 0.15) is 0 Å². The molecule has 3 aromatic heterocycles. The van der Waals surface area contributed by atoms with Gasteiger partial charge in [0, 0.05) is 40.7 Å². The van der Waals surface area contributed by atoms with Crippen molar-refractivity contribution >= 4 is 11.0 Å². The zero-order valence-corrected chi connectivity index (χ0v) is 12.5. The van der Waals surface area contributed by atoms with Crippen LogP contribution >= 0.6 is 0 Å². The van der Waals surface area contributed by atoms with Gasteiger partial charge in [-0.25, -0.2) is 15.0 Å². The summed E-state index contributed by atoms with van der Waals surface area (Å²) in [7, 11) is 1.68. The first-order chi connectivity index (χ1) is 11.4. The fourth-order valence-corrected chi connectivity index (χ4v) is 2.69. The van der Waals surface area contributed by atoms with Gasteiger partial charge in [0.25, 0.3) is 0 Å². The predicted molar refractivity (Wildman–Crippen MR) is 89.1 cm³/mol. The van der Waals surface area contributed by atoms with Crippen LogP contribution < -0.4 is 4.74 Å². The van der Waals surface area contributed by atoms with E-state index < -0.39 is 0 Å². The van der Waals surface area contributed by atoms with Crippen LogP contribution in [0.5, 0.6) is 5.75 Å². The second kappa shape index (κ2) is 5.53. The molecule has 23 heavy (non-hydrogen) atoms. The lowest BCUT2D eigenvalue weighted by atomic mass is 10.0. The van der Waals surface area contributed by atoms with Crippen LogP contribution in [0.15, 0.2) is 61.3 Å². The topological polar surface area (TPSA) is 63.7 Å². The normalized spacial score (nSPS) is 10.8. The van der Waals surface area contributed by atoms with Gasteiger partial charge in [0.2, 0.25) is 0 Å². The first kappa shape index (κ1) is 13.5. The van der Waals surface area contributed by atoms with E-state index in [2.05, 4.69) is 26.0 Å². The number of H-pyrrole nitrogens is 1. The lowest BCUT2D eigenvalue weighted by Crippen LogP contribution is -1.88. The molecule has 112 valence electrons. The number of benzene rings is 1. The Morgan fingerprint density at radius 3 is 2.78 bits per heavy atom. The lowest BCUT2D eigenvalue weighted by molar-refractivity contribution is 0.416. The highest BCUT2D eigenvalue weighted by Crippen LogP contribution is 2.35. The highest BCUT2D eigenvalue weighted by Gasteiger charge is 2.12. The Morgan fingerprint density at radius 2 is 1.96 bits per heavy atom. The fourth-order valence-electron chi connectivity index (χ4n) is 2.69. The molecule has 0 fully saturated rings. The average molecular weight is 302 g/mol. The maximum Gasteiger partial charge on any atom is 0.137 e. The molecule has 5 heteroatoms. The van der Waals surface area contributed by atoms with Gasteiger partial charge in [0.15, 0.2) is 0 Å². The summed E-state index contributed by atoms with van der Waals surface area (Å²) < 4.78 is 5.48. The highest BCUT2D eigenvalue weighted by molar-refractivity contribution is 5.97. The number of ether oxygens (including phenoxy) is 1. The third-order valence-corrected chi connectivity index (χ3v) is 3.81. The number of nitrogens with one attached hydrogen (secondary N) is 1. The molecule has 0 saturated carbocycles. The van der Waals surface area contributed by atoms with Crippen molar-refractivity contribution in [3.05, 3.63) is 61.3 Å². The average Bonchev–Trinajstić information content (AvgIpc) is 3.05. The van der Waals surface area contributed by atoms with Crippen molar-refractivity contribution in [2.75, 3.05) is 7.11 Å². The first-order valence-corrected chi connectivity index (χ1v) is 7.24. The zero-order chi connectivity index (χ0) is 15.6. The number of nitrogens with zero attached hydrogens (tertiary/aromatic N) is 3. The van der Waals surface area contributed by atoms with E-state index in [0.29, 0.717) is 0 Å². The third-order valence-electron chi connectivity index (χ3n) is 3.81. The quantitative estimate of drug-likeness (QED) is 0.627. The van der Waals surface area contributed by atoms with E-state index in [1.807, 2.05) is 42.7 Å². The molecule has 0 saturated heterocycles. The van der Waals surface area contributed by atoms with Gasteiger partial charge in [-0.1, -0.05) is 18.2 Å². The molecule has 0 aliphatic heterocycles. The summed E-state index contributed by atoms with van der Waals surface area (Å²) in [6.45, 7) is 0. The van der Waals surface area contributed by atoms with Crippen LogP contribution in [0.25, 0.3) is 33.4 Å². The minimum Gasteiger partial charge on any atom is -0.496 e. The smallest absolute Gasteiger partial charge is 0.137 e. The zero-order valence-electron chi connectivity index (χ0n) is 12.5. The third kappa shape index (κ3) is 2.32. The van der Waals surface area contributed by atoms with Crippen LogP contribution in [-0.4, -0.2) is 27.0 Å². The number of aromatic nitrogens is 4. The minimum atomic E-state index is 0.834. The van der Waals surface area contributed by atoms with Crippen LogP contribution in [-0.2, 0) is 0 Å². The second-order valence-corrected chi connectivity index (χ2v) is 5.12. The molecule has 4 rings (SSSR count). The number of pyridine rings is 1. The van der Waals surface area contributed by atoms with Crippen LogP contribution in [0.2, 0.25) is 0 Å². The number of para-hydroxylation sites is 1. The number of aromatic amines is 1. The van der Waals surface area contributed by atoms with Crippen LogP contribution in [0.3, 0.4) is 0 Å². The molecule has 4 aromatic rings. The largest absolute Gasteiger partial charge is 0.496 e. The molecular weight excluding hydrogens is 288 g/mol. The molecule has 0 aliphatic rings. The Bertz CT molecular complexity index is 963. The fraction of sp³-hybridized carbons (Fsp3) is 0.0556. The Morgan fingerprint density at radius 1 is 1.04 bits per heavy atom. The molecule has 5 nitrogen and oxygen atoms in total. The Balaban J connectivity index is 1.92. The summed E-state index contributed by atoms with van der Waals surface area (Å²) in [6, 6.07) is 11.9. The van der Waals surface area contributed by atoms with E-state index in [4.69, 9.17) is 4.74 Å². The van der Waals surface area contributed by atoms with E-state index in [0.717, 1.165) is 39.2 Å². The van der Waals surface area contributed by atoms with Gasteiger partial charge in [-0.15, -0.1) is 0 Å². The maximum absolute atomic E-state index is 5.48.